The van der Waals surface area contributed by atoms with E-state index in [2.05, 4.69) is 70.2 Å². The molecule has 0 aliphatic heterocycles. The van der Waals surface area contributed by atoms with Crippen molar-refractivity contribution < 1.29 is 0 Å². The molecule has 2 rings (SSSR count). The second kappa shape index (κ2) is 4.52. The lowest BCUT2D eigenvalue weighted by atomic mass is 9.70. The summed E-state index contributed by atoms with van der Waals surface area (Å²) in [5.74, 6) is 0.605. The number of benzene rings is 1. The van der Waals surface area contributed by atoms with E-state index in [4.69, 9.17) is 0 Å². The van der Waals surface area contributed by atoms with E-state index in [-0.39, 0.29) is 5.41 Å². The Labute approximate surface area is 105 Å². The molecule has 17 heavy (non-hydrogen) atoms. The Balaban J connectivity index is 2.25. The van der Waals surface area contributed by atoms with E-state index >= 15 is 0 Å². The van der Waals surface area contributed by atoms with Gasteiger partial charge in [-0.1, -0.05) is 67.5 Å². The highest BCUT2D eigenvalue weighted by Crippen LogP contribution is 2.37. The molecule has 0 spiro atoms. The minimum atomic E-state index is 0.210. The van der Waals surface area contributed by atoms with Gasteiger partial charge in [0.15, 0.2) is 0 Å². The van der Waals surface area contributed by atoms with Gasteiger partial charge in [-0.25, -0.2) is 0 Å². The lowest BCUT2D eigenvalue weighted by Crippen LogP contribution is -2.27. The molecule has 1 aromatic rings. The van der Waals surface area contributed by atoms with Crippen LogP contribution in [0.1, 0.15) is 38.3 Å². The van der Waals surface area contributed by atoms with E-state index in [9.17, 15) is 0 Å². The van der Waals surface area contributed by atoms with Crippen LogP contribution in [0, 0.1) is 12.8 Å². The molecule has 90 valence electrons. The molecule has 0 fully saturated rings. The van der Waals surface area contributed by atoms with Crippen molar-refractivity contribution in [2.75, 3.05) is 0 Å². The molecule has 0 heteroatoms. The molecule has 0 heterocycles. The normalized spacial score (nSPS) is 20.2. The highest BCUT2D eigenvalue weighted by Gasteiger charge is 2.29. The minimum absolute atomic E-state index is 0.210. The van der Waals surface area contributed by atoms with Gasteiger partial charge in [0.05, 0.1) is 0 Å². The lowest BCUT2D eigenvalue weighted by molar-refractivity contribution is 0.381. The Hall–Kier alpha value is -1.30. The van der Waals surface area contributed by atoms with Crippen LogP contribution >= 0.6 is 0 Å². The molecular weight excluding hydrogens is 204 g/mol. The Morgan fingerprint density at radius 2 is 1.71 bits per heavy atom. The Morgan fingerprint density at radius 3 is 2.24 bits per heavy atom. The van der Waals surface area contributed by atoms with Crippen molar-refractivity contribution in [1.82, 2.24) is 0 Å². The van der Waals surface area contributed by atoms with Crippen LogP contribution in [0.4, 0.5) is 0 Å². The van der Waals surface area contributed by atoms with Crippen LogP contribution in [0.25, 0.3) is 0 Å². The van der Waals surface area contributed by atoms with Crippen molar-refractivity contribution in [2.24, 2.45) is 5.92 Å². The third-order valence-corrected chi connectivity index (χ3v) is 4.01. The number of allylic oxidation sites excluding steroid dienone is 4. The first-order chi connectivity index (χ1) is 8.00. The predicted octanol–water partition coefficient (Wildman–Crippen LogP) is 4.80. The topological polar surface area (TPSA) is 0 Å². The fourth-order valence-electron chi connectivity index (χ4n) is 2.46. The molecule has 0 N–H and O–H groups in total. The van der Waals surface area contributed by atoms with Crippen LogP contribution in [0.3, 0.4) is 0 Å². The Morgan fingerprint density at radius 1 is 1.06 bits per heavy atom. The summed E-state index contributed by atoms with van der Waals surface area (Å²) in [7, 11) is 0. The molecule has 0 saturated heterocycles. The fraction of sp³-hybridized carbons (Fsp3) is 0.412. The van der Waals surface area contributed by atoms with Gasteiger partial charge in [0.25, 0.3) is 0 Å². The van der Waals surface area contributed by atoms with Gasteiger partial charge < -0.3 is 0 Å². The van der Waals surface area contributed by atoms with E-state index < -0.39 is 0 Å². The Bertz CT molecular complexity index is 443. The van der Waals surface area contributed by atoms with Gasteiger partial charge in [-0.3, -0.25) is 0 Å². The number of aryl methyl sites for hydroxylation is 1. The van der Waals surface area contributed by atoms with Crippen molar-refractivity contribution in [2.45, 2.75) is 39.5 Å². The van der Waals surface area contributed by atoms with Crippen LogP contribution < -0.4 is 0 Å². The van der Waals surface area contributed by atoms with Crippen molar-refractivity contribution in [1.29, 1.82) is 0 Å². The first-order valence-electron chi connectivity index (χ1n) is 6.42. The van der Waals surface area contributed by atoms with Gasteiger partial charge >= 0.3 is 0 Å². The van der Waals surface area contributed by atoms with E-state index in [1.54, 1.807) is 0 Å². The maximum Gasteiger partial charge on any atom is -0.00378 e. The van der Waals surface area contributed by atoms with Gasteiger partial charge in [-0.15, -0.1) is 0 Å². The lowest BCUT2D eigenvalue weighted by Gasteiger charge is -2.34. The molecule has 1 unspecified atom stereocenters. The first kappa shape index (κ1) is 12.2. The largest absolute Gasteiger partial charge is 0.0810 e. The zero-order valence-corrected chi connectivity index (χ0v) is 11.3. The van der Waals surface area contributed by atoms with E-state index in [0.717, 1.165) is 6.42 Å². The van der Waals surface area contributed by atoms with Crippen LogP contribution in [0.5, 0.6) is 0 Å². The molecule has 0 nitrogen and oxygen atoms in total. The van der Waals surface area contributed by atoms with E-state index in [1.807, 2.05) is 0 Å². The standard InChI is InChI=1S/C17H22/c1-13-5-9-15(10-6-13)17(3,4)16-11-7-14(2)8-12-16/h5-11,16H,12H2,1-4H3. The molecule has 1 aromatic carbocycles. The summed E-state index contributed by atoms with van der Waals surface area (Å²) in [6.45, 7) is 9.01. The maximum absolute atomic E-state index is 2.37. The molecule has 0 aromatic heterocycles. The fourth-order valence-corrected chi connectivity index (χ4v) is 2.46. The summed E-state index contributed by atoms with van der Waals surface area (Å²) in [6.07, 6.45) is 8.13. The summed E-state index contributed by atoms with van der Waals surface area (Å²) >= 11 is 0. The average Bonchev–Trinajstić information content (AvgIpc) is 2.30. The third-order valence-electron chi connectivity index (χ3n) is 4.01. The Kier molecular flexibility index (Phi) is 3.24. The zero-order valence-electron chi connectivity index (χ0n) is 11.3. The summed E-state index contributed by atoms with van der Waals surface area (Å²) in [5, 5.41) is 0. The summed E-state index contributed by atoms with van der Waals surface area (Å²) in [4.78, 5) is 0. The molecule has 0 saturated carbocycles. The number of rotatable bonds is 2. The van der Waals surface area contributed by atoms with Crippen LogP contribution in [-0.2, 0) is 5.41 Å². The second-order valence-corrected chi connectivity index (χ2v) is 5.74. The smallest absolute Gasteiger partial charge is 0.00378 e. The van der Waals surface area contributed by atoms with Gasteiger partial charge in [0.2, 0.25) is 0 Å². The first-order valence-corrected chi connectivity index (χ1v) is 6.42. The highest BCUT2D eigenvalue weighted by atomic mass is 14.3. The predicted molar refractivity (Wildman–Crippen MR) is 75.2 cm³/mol. The van der Waals surface area contributed by atoms with Crippen molar-refractivity contribution in [3.8, 4) is 0 Å². The second-order valence-electron chi connectivity index (χ2n) is 5.74. The number of hydrogen-bond acceptors (Lipinski definition) is 0. The molecule has 0 bridgehead atoms. The molecule has 1 atom stereocenters. The molecule has 0 radical (unpaired) electrons. The van der Waals surface area contributed by atoms with E-state index in [1.165, 1.54) is 16.7 Å². The quantitative estimate of drug-likeness (QED) is 0.680. The van der Waals surface area contributed by atoms with Crippen LogP contribution in [0.15, 0.2) is 48.1 Å². The maximum atomic E-state index is 2.37. The average molecular weight is 226 g/mol. The van der Waals surface area contributed by atoms with Crippen molar-refractivity contribution in [3.63, 3.8) is 0 Å². The summed E-state index contributed by atoms with van der Waals surface area (Å²) < 4.78 is 0. The van der Waals surface area contributed by atoms with Gasteiger partial charge in [-0.2, -0.15) is 0 Å². The molecular formula is C17H22. The van der Waals surface area contributed by atoms with Gasteiger partial charge in [0.1, 0.15) is 0 Å². The molecule has 1 aliphatic carbocycles. The van der Waals surface area contributed by atoms with Crippen LogP contribution in [-0.4, -0.2) is 0 Å². The van der Waals surface area contributed by atoms with Gasteiger partial charge in [0, 0.05) is 0 Å². The zero-order chi connectivity index (χ0) is 12.5. The van der Waals surface area contributed by atoms with Crippen molar-refractivity contribution >= 4 is 0 Å². The number of hydrogen-bond donors (Lipinski definition) is 0. The van der Waals surface area contributed by atoms with Crippen LogP contribution in [0.2, 0.25) is 0 Å². The highest BCUT2D eigenvalue weighted by molar-refractivity contribution is 5.32. The van der Waals surface area contributed by atoms with Crippen molar-refractivity contribution in [3.05, 3.63) is 59.2 Å². The van der Waals surface area contributed by atoms with E-state index in [0.29, 0.717) is 5.92 Å². The SMILES string of the molecule is CC1=CCC(C(C)(C)c2ccc(C)cc2)C=C1. The summed E-state index contributed by atoms with van der Waals surface area (Å²) in [6, 6.07) is 8.97. The van der Waals surface area contributed by atoms with Gasteiger partial charge in [-0.05, 0) is 37.2 Å². The monoisotopic (exact) mass is 226 g/mol. The third kappa shape index (κ3) is 2.52. The summed E-state index contributed by atoms with van der Waals surface area (Å²) in [5.41, 5.74) is 4.37. The minimum Gasteiger partial charge on any atom is -0.0810 e. The molecule has 1 aliphatic rings. The molecule has 0 amide bonds.